The van der Waals surface area contributed by atoms with Crippen molar-refractivity contribution in [3.8, 4) is 0 Å². The maximum absolute atomic E-state index is 13.5. The summed E-state index contributed by atoms with van der Waals surface area (Å²) in [5, 5.41) is 0.271. The van der Waals surface area contributed by atoms with Gasteiger partial charge >= 0.3 is 6.30 Å². The van der Waals surface area contributed by atoms with Gasteiger partial charge in [0.15, 0.2) is 0 Å². The van der Waals surface area contributed by atoms with Gasteiger partial charge in [-0.25, -0.2) is 8.42 Å². The summed E-state index contributed by atoms with van der Waals surface area (Å²) in [7, 11) is -4.58. The zero-order chi connectivity index (χ0) is 19.0. The van der Waals surface area contributed by atoms with E-state index >= 15 is 0 Å². The molecule has 0 saturated carbocycles. The second-order valence-corrected chi connectivity index (χ2v) is 8.31. The highest BCUT2D eigenvalue weighted by Crippen LogP contribution is 2.42. The third-order valence-electron chi connectivity index (χ3n) is 4.21. The first-order valence-corrected chi connectivity index (χ1v) is 9.74. The minimum Gasteiger partial charge on any atom is -0.345 e. The molecule has 1 fully saturated rings. The average Bonchev–Trinajstić information content (AvgIpc) is 2.48. The molecule has 0 unspecified atom stereocenters. The van der Waals surface area contributed by atoms with Crippen LogP contribution in [0.1, 0.15) is 29.9 Å². The number of hydrogen-bond donors (Lipinski definition) is 0. The fourth-order valence-electron chi connectivity index (χ4n) is 3.00. The Hall–Kier alpha value is -1.48. The Labute approximate surface area is 149 Å². The van der Waals surface area contributed by atoms with Gasteiger partial charge in [-0.2, -0.15) is 4.31 Å². The summed E-state index contributed by atoms with van der Waals surface area (Å²) >= 11 is 6.08. The molecule has 0 bridgehead atoms. The number of carbonyl (C=O) groups is 1. The van der Waals surface area contributed by atoms with Crippen LogP contribution >= 0.6 is 11.6 Å². The zero-order valence-corrected chi connectivity index (χ0v) is 15.2. The lowest BCUT2D eigenvalue weighted by Crippen LogP contribution is -2.43. The molecule has 5 nitrogen and oxygen atoms in total. The van der Waals surface area contributed by atoms with Crippen molar-refractivity contribution in [3.05, 3.63) is 28.3 Å². The highest BCUT2D eigenvalue weighted by Gasteiger charge is 2.45. The van der Waals surface area contributed by atoms with Crippen LogP contribution in [0.2, 0.25) is 5.02 Å². The van der Waals surface area contributed by atoms with Crippen molar-refractivity contribution in [2.45, 2.75) is 32.0 Å². The molecule has 0 N–H and O–H groups in total. The number of hydrogen-bond acceptors (Lipinski definition) is 3. The first kappa shape index (κ1) is 19.8. The van der Waals surface area contributed by atoms with Crippen molar-refractivity contribution < 1.29 is 26.4 Å². The fraction of sp³-hybridized carbons (Fsp3) is 0.533. The molecule has 0 radical (unpaired) electrons. The second kappa shape index (κ2) is 7.03. The summed E-state index contributed by atoms with van der Waals surface area (Å²) < 4.78 is 63.5. The monoisotopic (exact) mass is 398 g/mol. The molecule has 0 atom stereocenters. The first-order chi connectivity index (χ1) is 11.4. The minimum atomic E-state index is -5.09. The van der Waals surface area contributed by atoms with Crippen molar-refractivity contribution in [1.29, 1.82) is 0 Å². The second-order valence-electron chi connectivity index (χ2n) is 6.07. The smallest absolute Gasteiger partial charge is 0.345 e. The van der Waals surface area contributed by atoms with Gasteiger partial charge in [0, 0.05) is 18.1 Å². The highest BCUT2D eigenvalue weighted by atomic mass is 35.5. The molecule has 0 aromatic heterocycles. The molecular weight excluding hydrogens is 381 g/mol. The van der Waals surface area contributed by atoms with Crippen LogP contribution in [0, 0.1) is 6.92 Å². The number of carbonyl (C=O) groups excluding carboxylic acids is 1. The van der Waals surface area contributed by atoms with Crippen LogP contribution in [0.5, 0.6) is 0 Å². The van der Waals surface area contributed by atoms with Crippen molar-refractivity contribution in [2.75, 3.05) is 23.7 Å². The van der Waals surface area contributed by atoms with E-state index < -0.39 is 26.3 Å². The number of halogens is 4. The Morgan fingerprint density at radius 3 is 2.28 bits per heavy atom. The summed E-state index contributed by atoms with van der Waals surface area (Å²) in [4.78, 5) is 12.3. The van der Waals surface area contributed by atoms with Gasteiger partial charge < -0.3 is 4.90 Å². The Kier molecular flexibility index (Phi) is 5.58. The quantitative estimate of drug-likeness (QED) is 0.577. The molecule has 0 spiro atoms. The number of piperidine rings is 1. The predicted molar refractivity (Wildman–Crippen MR) is 89.2 cm³/mol. The lowest BCUT2D eigenvalue weighted by Gasteiger charge is -2.33. The van der Waals surface area contributed by atoms with Crippen LogP contribution < -0.4 is 4.31 Å². The molecule has 1 amide bonds. The number of alkyl halides is 3. The summed E-state index contributed by atoms with van der Waals surface area (Å²) in [5.74, 6) is -0.323. The number of likely N-dealkylation sites (tertiary alicyclic amines) is 1. The molecule has 1 aliphatic heterocycles. The number of aryl methyl sites for hydroxylation is 1. The van der Waals surface area contributed by atoms with E-state index in [1.54, 1.807) is 0 Å². The van der Waals surface area contributed by atoms with E-state index in [9.17, 15) is 26.4 Å². The molecule has 1 heterocycles. The van der Waals surface area contributed by atoms with Gasteiger partial charge in [0.1, 0.15) is 0 Å². The first-order valence-electron chi connectivity index (χ1n) is 7.51. The lowest BCUT2D eigenvalue weighted by atomic mass is 9.88. The van der Waals surface area contributed by atoms with Crippen LogP contribution in [0.25, 0.3) is 0 Å². The van der Waals surface area contributed by atoms with Gasteiger partial charge in [-0.3, -0.25) is 4.79 Å². The number of nitrogens with zero attached hydrogens (tertiary/aromatic N) is 2. The maximum Gasteiger partial charge on any atom is 0.498 e. The summed E-state index contributed by atoms with van der Waals surface area (Å²) in [6.45, 7) is 2.30. The normalized spacial score (nSPS) is 16.8. The van der Waals surface area contributed by atoms with E-state index in [1.807, 2.05) is 0 Å². The Morgan fingerprint density at radius 1 is 1.28 bits per heavy atom. The van der Waals surface area contributed by atoms with E-state index in [-0.39, 0.29) is 16.5 Å². The summed E-state index contributed by atoms with van der Waals surface area (Å²) in [6.07, 6.45) is -3.02. The van der Waals surface area contributed by atoms with Gasteiger partial charge in [0.25, 0.3) is 0 Å². The molecular formula is C15H18ClF3N2O3S. The number of rotatable bonds is 4. The summed E-state index contributed by atoms with van der Waals surface area (Å²) in [5.41, 5.74) is 0.147. The molecule has 10 heteroatoms. The third-order valence-corrected chi connectivity index (χ3v) is 5.68. The van der Waals surface area contributed by atoms with Gasteiger partial charge in [-0.1, -0.05) is 11.6 Å². The van der Waals surface area contributed by atoms with E-state index in [1.165, 1.54) is 17.9 Å². The molecule has 1 aliphatic rings. The van der Waals surface area contributed by atoms with Gasteiger partial charge in [-0.15, -0.1) is 13.2 Å². The molecule has 1 aromatic carbocycles. The lowest BCUT2D eigenvalue weighted by molar-refractivity contribution is -0.119. The van der Waals surface area contributed by atoms with Crippen molar-refractivity contribution in [2.24, 2.45) is 0 Å². The molecule has 140 valence electrons. The van der Waals surface area contributed by atoms with Crippen molar-refractivity contribution in [3.63, 3.8) is 0 Å². The number of anilines is 1. The SMILES string of the molecule is Cc1cc(N(C(F)(F)F)S(C)(=O)=O)c(C2CCN(C=O)CC2)cc1Cl. The topological polar surface area (TPSA) is 57.7 Å². The van der Waals surface area contributed by atoms with Crippen molar-refractivity contribution >= 4 is 33.7 Å². The van der Waals surface area contributed by atoms with Crippen LogP contribution in [0.4, 0.5) is 18.9 Å². The summed E-state index contributed by atoms with van der Waals surface area (Å²) in [6, 6.07) is 2.55. The van der Waals surface area contributed by atoms with Gasteiger partial charge in [0.2, 0.25) is 16.4 Å². The van der Waals surface area contributed by atoms with Crippen LogP contribution in [0.3, 0.4) is 0 Å². The average molecular weight is 399 g/mol. The third kappa shape index (κ3) is 4.38. The van der Waals surface area contributed by atoms with Crippen molar-refractivity contribution in [1.82, 2.24) is 4.90 Å². The Balaban J connectivity index is 2.57. The standard InChI is InChI=1S/C15H18ClF3N2O3S/c1-10-7-14(21(15(17,18)19)25(2,23)24)12(8-13(10)16)11-3-5-20(9-22)6-4-11/h7-9,11H,3-6H2,1-2H3. The predicted octanol–water partition coefficient (Wildman–Crippen LogP) is 3.27. The maximum atomic E-state index is 13.5. The highest BCUT2D eigenvalue weighted by molar-refractivity contribution is 7.92. The van der Waals surface area contributed by atoms with E-state index in [2.05, 4.69) is 0 Å². The van der Waals surface area contributed by atoms with E-state index in [0.717, 1.165) is 6.07 Å². The Morgan fingerprint density at radius 2 is 1.84 bits per heavy atom. The number of benzene rings is 1. The van der Waals surface area contributed by atoms with Crippen LogP contribution in [-0.4, -0.2) is 45.4 Å². The van der Waals surface area contributed by atoms with E-state index in [4.69, 9.17) is 11.6 Å². The van der Waals surface area contributed by atoms with Crippen LogP contribution in [0.15, 0.2) is 12.1 Å². The zero-order valence-electron chi connectivity index (χ0n) is 13.7. The molecule has 1 saturated heterocycles. The molecule has 1 aromatic rings. The minimum absolute atomic E-state index is 0.226. The molecule has 0 aliphatic carbocycles. The van der Waals surface area contributed by atoms with E-state index in [0.29, 0.717) is 44.2 Å². The molecule has 25 heavy (non-hydrogen) atoms. The van der Waals surface area contributed by atoms with Gasteiger partial charge in [0.05, 0.1) is 11.9 Å². The molecule has 2 rings (SSSR count). The Bertz CT molecular complexity index is 760. The fourth-order valence-corrected chi connectivity index (χ4v) is 4.07. The van der Waals surface area contributed by atoms with Gasteiger partial charge in [-0.05, 0) is 48.9 Å². The number of amides is 1. The number of sulfonamides is 1. The van der Waals surface area contributed by atoms with Crippen LogP contribution in [-0.2, 0) is 14.8 Å². The largest absolute Gasteiger partial charge is 0.498 e.